The Morgan fingerprint density at radius 3 is 2.07 bits per heavy atom. The van der Waals surface area contributed by atoms with Crippen LogP contribution < -0.4 is 15.5 Å². The Morgan fingerprint density at radius 2 is 1.41 bits per heavy atom. The summed E-state index contributed by atoms with van der Waals surface area (Å²) < 4.78 is 38.0. The third-order valence-corrected chi connectivity index (χ3v) is 4.73. The maximum Gasteiger partial charge on any atom is 0.416 e. The monoisotopic (exact) mass is 399 g/mol. The second-order valence-electron chi connectivity index (χ2n) is 6.83. The van der Waals surface area contributed by atoms with Gasteiger partial charge < -0.3 is 15.5 Å². The van der Waals surface area contributed by atoms with Crippen LogP contribution >= 0.6 is 0 Å². The highest BCUT2D eigenvalue weighted by Gasteiger charge is 2.29. The number of anilines is 5. The van der Waals surface area contributed by atoms with E-state index in [1.807, 2.05) is 12.1 Å². The number of nitrogens with zero attached hydrogens (tertiary/aromatic N) is 3. The van der Waals surface area contributed by atoms with Crippen molar-refractivity contribution in [1.29, 1.82) is 0 Å². The largest absolute Gasteiger partial charge is 0.416 e. The lowest BCUT2D eigenvalue weighted by Crippen LogP contribution is -2.17. The molecule has 1 aliphatic rings. The minimum atomic E-state index is -4.36. The van der Waals surface area contributed by atoms with E-state index < -0.39 is 11.7 Å². The van der Waals surface area contributed by atoms with Crippen LogP contribution in [-0.2, 0) is 6.18 Å². The highest BCUT2D eigenvalue weighted by molar-refractivity contribution is 5.62. The molecule has 4 rings (SSSR count). The van der Waals surface area contributed by atoms with E-state index in [0.29, 0.717) is 17.5 Å². The number of nitrogens with one attached hydrogen (secondary N) is 2. The molecule has 1 aliphatic heterocycles. The lowest BCUT2D eigenvalue weighted by molar-refractivity contribution is -0.137. The summed E-state index contributed by atoms with van der Waals surface area (Å²) >= 11 is 0. The standard InChI is InChI=1S/C21H20F3N5/c22-21(23,24)15-3-5-17(6-4-15)27-20-25-12-11-19(28-20)26-16-7-9-18(10-8-16)29-13-1-2-14-29/h3-12H,1-2,13-14H2,(H2,25,26,27,28). The van der Waals surface area contributed by atoms with Gasteiger partial charge in [0.25, 0.3) is 0 Å². The molecule has 150 valence electrons. The first-order valence-corrected chi connectivity index (χ1v) is 9.37. The molecule has 0 amide bonds. The second kappa shape index (κ2) is 7.98. The Kier molecular flexibility index (Phi) is 5.24. The molecule has 2 N–H and O–H groups in total. The Bertz CT molecular complexity index is 949. The van der Waals surface area contributed by atoms with Gasteiger partial charge >= 0.3 is 6.18 Å². The van der Waals surface area contributed by atoms with Gasteiger partial charge in [-0.3, -0.25) is 0 Å². The molecule has 1 fully saturated rings. The molecule has 0 atom stereocenters. The molecule has 1 saturated heterocycles. The van der Waals surface area contributed by atoms with Gasteiger partial charge in [0.15, 0.2) is 0 Å². The fraction of sp³-hybridized carbons (Fsp3) is 0.238. The molecule has 0 unspecified atom stereocenters. The van der Waals surface area contributed by atoms with E-state index >= 15 is 0 Å². The van der Waals surface area contributed by atoms with Crippen LogP contribution in [0.3, 0.4) is 0 Å². The quantitative estimate of drug-likeness (QED) is 0.586. The first-order valence-electron chi connectivity index (χ1n) is 9.37. The Balaban J connectivity index is 1.42. The lowest BCUT2D eigenvalue weighted by Gasteiger charge is -2.18. The summed E-state index contributed by atoms with van der Waals surface area (Å²) in [5.41, 5.74) is 1.88. The van der Waals surface area contributed by atoms with Crippen LogP contribution in [0.5, 0.6) is 0 Å². The number of hydrogen-bond donors (Lipinski definition) is 2. The summed E-state index contributed by atoms with van der Waals surface area (Å²) in [5.74, 6) is 0.881. The van der Waals surface area contributed by atoms with Gasteiger partial charge in [0.05, 0.1) is 5.56 Å². The van der Waals surface area contributed by atoms with Gasteiger partial charge in [-0.05, 0) is 67.4 Å². The Hall–Kier alpha value is -3.29. The molecule has 1 aromatic heterocycles. The zero-order chi connectivity index (χ0) is 20.3. The summed E-state index contributed by atoms with van der Waals surface area (Å²) in [5, 5.41) is 6.14. The molecule has 0 saturated carbocycles. The van der Waals surface area contributed by atoms with E-state index in [1.165, 1.54) is 30.7 Å². The minimum Gasteiger partial charge on any atom is -0.372 e. The van der Waals surface area contributed by atoms with E-state index in [9.17, 15) is 13.2 Å². The topological polar surface area (TPSA) is 53.1 Å². The fourth-order valence-electron chi connectivity index (χ4n) is 3.24. The molecule has 0 spiro atoms. The molecule has 5 nitrogen and oxygen atoms in total. The summed E-state index contributed by atoms with van der Waals surface area (Å²) in [7, 11) is 0. The van der Waals surface area contributed by atoms with Gasteiger partial charge in [-0.2, -0.15) is 18.2 Å². The SMILES string of the molecule is FC(F)(F)c1ccc(Nc2nccc(Nc3ccc(N4CCCC4)cc3)n2)cc1. The Morgan fingerprint density at radius 1 is 0.793 bits per heavy atom. The summed E-state index contributed by atoms with van der Waals surface area (Å²) in [6.45, 7) is 2.19. The molecule has 0 aliphatic carbocycles. The van der Waals surface area contributed by atoms with Gasteiger partial charge in [-0.15, -0.1) is 0 Å². The highest BCUT2D eigenvalue weighted by atomic mass is 19.4. The van der Waals surface area contributed by atoms with Crippen molar-refractivity contribution in [2.45, 2.75) is 19.0 Å². The van der Waals surface area contributed by atoms with Crippen LogP contribution in [0.4, 0.5) is 42.0 Å². The number of rotatable bonds is 5. The molecular weight excluding hydrogens is 379 g/mol. The first-order chi connectivity index (χ1) is 14.0. The molecule has 2 aromatic carbocycles. The predicted molar refractivity (Wildman–Crippen MR) is 108 cm³/mol. The Labute approximate surface area is 166 Å². The molecular formula is C21H20F3N5. The predicted octanol–water partition coefficient (Wildman–Crippen LogP) is 5.58. The zero-order valence-electron chi connectivity index (χ0n) is 15.6. The normalized spacial score (nSPS) is 14.1. The van der Waals surface area contributed by atoms with Crippen molar-refractivity contribution in [2.24, 2.45) is 0 Å². The van der Waals surface area contributed by atoms with Gasteiger partial charge in [0.1, 0.15) is 5.82 Å². The fourth-order valence-corrected chi connectivity index (χ4v) is 3.24. The molecule has 0 radical (unpaired) electrons. The van der Waals surface area contributed by atoms with E-state index in [-0.39, 0.29) is 0 Å². The van der Waals surface area contributed by atoms with E-state index in [2.05, 4.69) is 37.6 Å². The van der Waals surface area contributed by atoms with E-state index in [4.69, 9.17) is 0 Å². The number of benzene rings is 2. The number of aromatic nitrogens is 2. The van der Waals surface area contributed by atoms with Crippen LogP contribution in [0, 0.1) is 0 Å². The number of halogens is 3. The maximum absolute atomic E-state index is 12.7. The van der Waals surface area contributed by atoms with Gasteiger partial charge in [-0.1, -0.05) is 0 Å². The van der Waals surface area contributed by atoms with Crippen LogP contribution in [-0.4, -0.2) is 23.1 Å². The average Bonchev–Trinajstić information content (AvgIpc) is 3.23. The number of alkyl halides is 3. The van der Waals surface area contributed by atoms with Crippen LogP contribution in [0.1, 0.15) is 18.4 Å². The third kappa shape index (κ3) is 4.77. The second-order valence-corrected chi connectivity index (χ2v) is 6.83. The molecule has 3 aromatic rings. The van der Waals surface area contributed by atoms with Crippen LogP contribution in [0.15, 0.2) is 60.8 Å². The zero-order valence-corrected chi connectivity index (χ0v) is 15.6. The van der Waals surface area contributed by atoms with E-state index in [1.54, 1.807) is 12.3 Å². The smallest absolute Gasteiger partial charge is 0.372 e. The average molecular weight is 399 g/mol. The van der Waals surface area contributed by atoms with Crippen molar-refractivity contribution in [3.8, 4) is 0 Å². The van der Waals surface area contributed by atoms with Crippen molar-refractivity contribution >= 4 is 28.8 Å². The third-order valence-electron chi connectivity index (χ3n) is 4.73. The summed E-state index contributed by atoms with van der Waals surface area (Å²) in [6.07, 6.45) is -0.311. The summed E-state index contributed by atoms with van der Waals surface area (Å²) in [6, 6.07) is 14.6. The van der Waals surface area contributed by atoms with Gasteiger partial charge in [0, 0.05) is 36.3 Å². The van der Waals surface area contributed by atoms with Gasteiger partial charge in [-0.25, -0.2) is 4.98 Å². The van der Waals surface area contributed by atoms with Crippen LogP contribution in [0.2, 0.25) is 0 Å². The van der Waals surface area contributed by atoms with E-state index in [0.717, 1.165) is 30.9 Å². The van der Waals surface area contributed by atoms with Crippen molar-refractivity contribution in [3.63, 3.8) is 0 Å². The molecule has 0 bridgehead atoms. The number of hydrogen-bond acceptors (Lipinski definition) is 5. The molecule has 8 heteroatoms. The highest BCUT2D eigenvalue weighted by Crippen LogP contribution is 2.30. The summed E-state index contributed by atoms with van der Waals surface area (Å²) in [4.78, 5) is 10.9. The van der Waals surface area contributed by atoms with Crippen molar-refractivity contribution in [3.05, 3.63) is 66.4 Å². The van der Waals surface area contributed by atoms with Crippen LogP contribution in [0.25, 0.3) is 0 Å². The maximum atomic E-state index is 12.7. The van der Waals surface area contributed by atoms with Crippen molar-refractivity contribution < 1.29 is 13.2 Å². The minimum absolute atomic E-state index is 0.295. The lowest BCUT2D eigenvalue weighted by atomic mass is 10.2. The van der Waals surface area contributed by atoms with Crippen molar-refractivity contribution in [1.82, 2.24) is 9.97 Å². The first kappa shape index (κ1) is 19.0. The van der Waals surface area contributed by atoms with Gasteiger partial charge in [0.2, 0.25) is 5.95 Å². The molecule has 29 heavy (non-hydrogen) atoms. The molecule has 2 heterocycles. The van der Waals surface area contributed by atoms with Crippen molar-refractivity contribution in [2.75, 3.05) is 28.6 Å².